The van der Waals surface area contributed by atoms with Crippen LogP contribution in [-0.2, 0) is 9.53 Å². The highest BCUT2D eigenvalue weighted by Gasteiger charge is 2.17. The monoisotopic (exact) mass is 266 g/mol. The van der Waals surface area contributed by atoms with Crippen LogP contribution in [0.5, 0.6) is 5.75 Å². The van der Waals surface area contributed by atoms with E-state index in [1.807, 2.05) is 19.1 Å². The molecule has 106 valence electrons. The molecular formula is C14H22N2O3. The molecule has 1 aromatic rings. The van der Waals surface area contributed by atoms with Crippen LogP contribution in [0.1, 0.15) is 25.5 Å². The quantitative estimate of drug-likeness (QED) is 0.648. The number of benzene rings is 1. The average molecular weight is 266 g/mol. The van der Waals surface area contributed by atoms with E-state index in [0.717, 1.165) is 5.56 Å². The van der Waals surface area contributed by atoms with Crippen LogP contribution in [0.2, 0.25) is 0 Å². The number of hydrogen-bond donors (Lipinski definition) is 3. The van der Waals surface area contributed by atoms with Gasteiger partial charge in [0.1, 0.15) is 5.75 Å². The normalized spacial score (nSPS) is 13.8. The maximum atomic E-state index is 11.8. The number of phenolic OH excluding ortho intramolecular Hbond substituents is 1. The summed E-state index contributed by atoms with van der Waals surface area (Å²) in [7, 11) is 1.59. The summed E-state index contributed by atoms with van der Waals surface area (Å²) in [5, 5.41) is 15.7. The van der Waals surface area contributed by atoms with Crippen molar-refractivity contribution in [1.82, 2.24) is 10.6 Å². The van der Waals surface area contributed by atoms with Gasteiger partial charge in [-0.3, -0.25) is 10.1 Å². The molecule has 0 aromatic heterocycles. The predicted octanol–water partition coefficient (Wildman–Crippen LogP) is 1.19. The first-order valence-corrected chi connectivity index (χ1v) is 6.36. The first kappa shape index (κ1) is 15.5. The van der Waals surface area contributed by atoms with E-state index in [9.17, 15) is 9.90 Å². The van der Waals surface area contributed by atoms with Crippen LogP contribution < -0.4 is 10.6 Å². The van der Waals surface area contributed by atoms with Crippen LogP contribution >= 0.6 is 0 Å². The number of carbonyl (C=O) groups is 1. The van der Waals surface area contributed by atoms with Gasteiger partial charge in [0, 0.05) is 25.3 Å². The van der Waals surface area contributed by atoms with Crippen LogP contribution in [0.3, 0.4) is 0 Å². The first-order chi connectivity index (χ1) is 9.06. The zero-order valence-electron chi connectivity index (χ0n) is 11.6. The minimum absolute atomic E-state index is 0.0840. The third-order valence-electron chi connectivity index (χ3n) is 2.90. The molecule has 5 heteroatoms. The van der Waals surface area contributed by atoms with E-state index in [-0.39, 0.29) is 23.7 Å². The summed E-state index contributed by atoms with van der Waals surface area (Å²) in [6, 6.07) is 6.65. The molecule has 1 amide bonds. The Morgan fingerprint density at radius 1 is 1.37 bits per heavy atom. The Balaban J connectivity index is 2.50. The van der Waals surface area contributed by atoms with Crippen molar-refractivity contribution in [3.8, 4) is 5.75 Å². The van der Waals surface area contributed by atoms with Crippen LogP contribution in [-0.4, -0.2) is 37.3 Å². The number of hydrogen-bond acceptors (Lipinski definition) is 4. The van der Waals surface area contributed by atoms with E-state index in [1.165, 1.54) is 0 Å². The second kappa shape index (κ2) is 7.76. The fourth-order valence-electron chi connectivity index (χ4n) is 1.82. The molecule has 19 heavy (non-hydrogen) atoms. The second-order valence-electron chi connectivity index (χ2n) is 4.45. The van der Waals surface area contributed by atoms with Crippen molar-refractivity contribution in [3.63, 3.8) is 0 Å². The number of ether oxygens (including phenoxy) is 1. The van der Waals surface area contributed by atoms with Crippen molar-refractivity contribution in [2.24, 2.45) is 0 Å². The summed E-state index contributed by atoms with van der Waals surface area (Å²) in [6.45, 7) is 4.69. The van der Waals surface area contributed by atoms with E-state index in [4.69, 9.17) is 4.74 Å². The lowest BCUT2D eigenvalue weighted by Gasteiger charge is -2.20. The molecule has 0 bridgehead atoms. The van der Waals surface area contributed by atoms with E-state index >= 15 is 0 Å². The molecule has 3 N–H and O–H groups in total. The Bertz CT molecular complexity index is 409. The molecule has 0 heterocycles. The minimum Gasteiger partial charge on any atom is -0.508 e. The van der Waals surface area contributed by atoms with Gasteiger partial charge in [-0.25, -0.2) is 0 Å². The van der Waals surface area contributed by atoms with E-state index in [2.05, 4.69) is 10.6 Å². The van der Waals surface area contributed by atoms with Crippen molar-refractivity contribution < 1.29 is 14.6 Å². The highest BCUT2D eigenvalue weighted by molar-refractivity contribution is 5.81. The smallest absolute Gasteiger partial charge is 0.236 e. The maximum absolute atomic E-state index is 11.8. The van der Waals surface area contributed by atoms with Gasteiger partial charge in [-0.2, -0.15) is 0 Å². The number of aromatic hydroxyl groups is 1. The molecule has 2 unspecified atom stereocenters. The van der Waals surface area contributed by atoms with Gasteiger partial charge in [-0.1, -0.05) is 18.2 Å². The van der Waals surface area contributed by atoms with Crippen molar-refractivity contribution in [1.29, 1.82) is 0 Å². The van der Waals surface area contributed by atoms with Gasteiger partial charge >= 0.3 is 0 Å². The Hall–Kier alpha value is -1.59. The standard InChI is InChI=1S/C14H22N2O3/c1-10(12-6-4-5-7-13(12)17)16-11(2)14(18)15-8-9-19-3/h4-7,10-11,16-17H,8-9H2,1-3H3,(H,15,18). The third-order valence-corrected chi connectivity index (χ3v) is 2.90. The Morgan fingerprint density at radius 3 is 2.68 bits per heavy atom. The molecule has 0 aliphatic rings. The summed E-state index contributed by atoms with van der Waals surface area (Å²) >= 11 is 0. The van der Waals surface area contributed by atoms with Gasteiger partial charge in [0.05, 0.1) is 12.6 Å². The number of amides is 1. The summed E-state index contributed by atoms with van der Waals surface area (Å²) in [4.78, 5) is 11.8. The maximum Gasteiger partial charge on any atom is 0.236 e. The summed E-state index contributed by atoms with van der Waals surface area (Å²) in [6.07, 6.45) is 0. The lowest BCUT2D eigenvalue weighted by Crippen LogP contribution is -2.44. The lowest BCUT2D eigenvalue weighted by atomic mass is 10.1. The molecule has 0 saturated carbocycles. The SMILES string of the molecule is COCCNC(=O)C(C)NC(C)c1ccccc1O. The van der Waals surface area contributed by atoms with Gasteiger partial charge in [0.25, 0.3) is 0 Å². The number of para-hydroxylation sites is 1. The fraction of sp³-hybridized carbons (Fsp3) is 0.500. The van der Waals surface area contributed by atoms with Crippen LogP contribution in [0.4, 0.5) is 0 Å². The zero-order valence-corrected chi connectivity index (χ0v) is 11.6. The first-order valence-electron chi connectivity index (χ1n) is 6.36. The van der Waals surface area contributed by atoms with E-state index in [0.29, 0.717) is 13.2 Å². The van der Waals surface area contributed by atoms with Gasteiger partial charge in [0.15, 0.2) is 0 Å². The number of carbonyl (C=O) groups excluding carboxylic acids is 1. The van der Waals surface area contributed by atoms with Crippen LogP contribution in [0.15, 0.2) is 24.3 Å². The Kier molecular flexibility index (Phi) is 6.32. The second-order valence-corrected chi connectivity index (χ2v) is 4.45. The van der Waals surface area contributed by atoms with Crippen molar-refractivity contribution in [3.05, 3.63) is 29.8 Å². The Labute approximate surface area is 114 Å². The van der Waals surface area contributed by atoms with E-state index < -0.39 is 0 Å². The molecule has 2 atom stereocenters. The molecule has 0 spiro atoms. The van der Waals surface area contributed by atoms with Crippen LogP contribution in [0.25, 0.3) is 0 Å². The average Bonchev–Trinajstić information content (AvgIpc) is 2.39. The highest BCUT2D eigenvalue weighted by atomic mass is 16.5. The topological polar surface area (TPSA) is 70.6 Å². The highest BCUT2D eigenvalue weighted by Crippen LogP contribution is 2.23. The fourth-order valence-corrected chi connectivity index (χ4v) is 1.82. The van der Waals surface area contributed by atoms with Gasteiger partial charge in [-0.05, 0) is 19.9 Å². The number of rotatable bonds is 7. The number of phenols is 1. The van der Waals surface area contributed by atoms with Gasteiger partial charge in [-0.15, -0.1) is 0 Å². The molecule has 1 rings (SSSR count). The number of methoxy groups -OCH3 is 1. The molecule has 1 aromatic carbocycles. The molecular weight excluding hydrogens is 244 g/mol. The summed E-state index contributed by atoms with van der Waals surface area (Å²) in [5.74, 6) is 0.147. The van der Waals surface area contributed by atoms with E-state index in [1.54, 1.807) is 26.2 Å². The molecule has 0 fully saturated rings. The largest absolute Gasteiger partial charge is 0.508 e. The molecule has 0 radical (unpaired) electrons. The lowest BCUT2D eigenvalue weighted by molar-refractivity contribution is -0.123. The summed E-state index contributed by atoms with van der Waals surface area (Å²) in [5.41, 5.74) is 0.777. The van der Waals surface area contributed by atoms with Crippen molar-refractivity contribution in [2.75, 3.05) is 20.3 Å². The number of nitrogens with one attached hydrogen (secondary N) is 2. The molecule has 0 aliphatic carbocycles. The molecule has 0 aliphatic heterocycles. The minimum atomic E-state index is -0.341. The Morgan fingerprint density at radius 2 is 2.05 bits per heavy atom. The van der Waals surface area contributed by atoms with Crippen LogP contribution in [0, 0.1) is 0 Å². The van der Waals surface area contributed by atoms with Crippen molar-refractivity contribution >= 4 is 5.91 Å². The zero-order chi connectivity index (χ0) is 14.3. The summed E-state index contributed by atoms with van der Waals surface area (Å²) < 4.78 is 4.87. The predicted molar refractivity (Wildman–Crippen MR) is 74.0 cm³/mol. The van der Waals surface area contributed by atoms with Crippen molar-refractivity contribution in [2.45, 2.75) is 25.9 Å². The van der Waals surface area contributed by atoms with Gasteiger partial charge < -0.3 is 15.2 Å². The molecule has 5 nitrogen and oxygen atoms in total. The third kappa shape index (κ3) is 4.89. The molecule has 0 saturated heterocycles. The van der Waals surface area contributed by atoms with Gasteiger partial charge in [0.2, 0.25) is 5.91 Å².